The van der Waals surface area contributed by atoms with Gasteiger partial charge in [-0.05, 0) is 0 Å². The molecular weight excluding hydrogens is 110 g/mol. The summed E-state index contributed by atoms with van der Waals surface area (Å²) in [4.78, 5) is 20.5. The van der Waals surface area contributed by atoms with Gasteiger partial charge in [0.15, 0.2) is 0 Å². The van der Waals surface area contributed by atoms with Gasteiger partial charge >= 0.3 is 11.8 Å². The van der Waals surface area contributed by atoms with E-state index in [1.165, 1.54) is 0 Å². The average Bonchev–Trinajstić information content (AvgIpc) is 1.98. The van der Waals surface area contributed by atoms with E-state index in [2.05, 4.69) is 0 Å². The smallest absolute Gasteiger partial charge is 0.221 e. The van der Waals surface area contributed by atoms with Crippen LogP contribution in [0.1, 0.15) is 12.8 Å². The van der Waals surface area contributed by atoms with E-state index in [9.17, 15) is 9.59 Å². The minimum Gasteiger partial charge on any atom is -0.221 e. The molecule has 8 heavy (non-hydrogen) atoms. The molecule has 1 saturated heterocycles. The Morgan fingerprint density at radius 2 is 1.62 bits per heavy atom. The van der Waals surface area contributed by atoms with Crippen LogP contribution in [0.2, 0.25) is 0 Å². The van der Waals surface area contributed by atoms with Gasteiger partial charge in [-0.3, -0.25) is 0 Å². The van der Waals surface area contributed by atoms with Gasteiger partial charge in [-0.15, -0.1) is 5.21 Å². The number of hydrogen-bond donors (Lipinski definition) is 1. The van der Waals surface area contributed by atoms with Crippen LogP contribution < -0.4 is 5.06 Å². The molecule has 0 aromatic carbocycles. The fourth-order valence-corrected chi connectivity index (χ4v) is 0.565. The van der Waals surface area contributed by atoms with Gasteiger partial charge in [0, 0.05) is 0 Å². The fourth-order valence-electron chi connectivity index (χ4n) is 0.565. The number of carbonyl (C=O) groups is 2. The lowest BCUT2D eigenvalue weighted by atomic mass is 10.4. The molecule has 1 N–H and O–H groups in total. The molecule has 4 nitrogen and oxygen atoms in total. The second-order valence-electron chi connectivity index (χ2n) is 1.60. The first-order valence-electron chi connectivity index (χ1n) is 2.26. The molecule has 0 unspecified atom stereocenters. The van der Waals surface area contributed by atoms with Gasteiger partial charge in [0.2, 0.25) is 0 Å². The highest BCUT2D eigenvalue weighted by atomic mass is 16.5. The summed E-state index contributed by atoms with van der Waals surface area (Å²) in [5.41, 5.74) is 0. The van der Waals surface area contributed by atoms with E-state index >= 15 is 0 Å². The van der Waals surface area contributed by atoms with E-state index in [1.54, 1.807) is 0 Å². The maximum absolute atomic E-state index is 10.2. The van der Waals surface area contributed by atoms with Crippen LogP contribution in [0.25, 0.3) is 0 Å². The number of hydrogen-bond acceptors (Lipinski definition) is 3. The Labute approximate surface area is 45.7 Å². The monoisotopic (exact) mass is 115 g/mol. The lowest BCUT2D eigenvalue weighted by Crippen LogP contribution is -2.30. The molecule has 4 heteroatoms. The third kappa shape index (κ3) is 0.635. The van der Waals surface area contributed by atoms with Crippen LogP contribution >= 0.6 is 0 Å². The molecule has 0 saturated carbocycles. The van der Waals surface area contributed by atoms with Crippen molar-refractivity contribution in [2.75, 3.05) is 0 Å². The molecule has 1 aliphatic rings. The Kier molecular flexibility index (Phi) is 1.11. The van der Waals surface area contributed by atoms with Gasteiger partial charge < -0.3 is 0 Å². The molecule has 2 amide bonds. The van der Waals surface area contributed by atoms with Crippen molar-refractivity contribution in [2.24, 2.45) is 0 Å². The first-order chi connectivity index (χ1) is 3.72. The summed E-state index contributed by atoms with van der Waals surface area (Å²) in [5.74, 6) is -1.01. The van der Waals surface area contributed by atoms with Crippen LogP contribution in [0.3, 0.4) is 0 Å². The van der Waals surface area contributed by atoms with Crippen LogP contribution in [0, 0.1) is 0 Å². The minimum absolute atomic E-state index is 0.148. The fraction of sp³-hybridized carbons (Fsp3) is 0.500. The Morgan fingerprint density at radius 1 is 1.25 bits per heavy atom. The molecule has 0 aliphatic carbocycles. The number of carbonyl (C=O) groups excluding carboxylic acids is 2. The third-order valence-electron chi connectivity index (χ3n) is 1.03. The standard InChI is InChI=1S/C4H5NO3/c6-3-1-2-4(7)5(3)8/h8H,1-2H2/q+1. The Morgan fingerprint density at radius 3 is 1.75 bits per heavy atom. The lowest BCUT2D eigenvalue weighted by Gasteiger charge is -1.78. The Hall–Kier alpha value is -0.740. The van der Waals surface area contributed by atoms with Gasteiger partial charge in [0.25, 0.3) is 0 Å². The van der Waals surface area contributed by atoms with E-state index in [-0.39, 0.29) is 17.9 Å². The highest BCUT2D eigenvalue weighted by Crippen LogP contribution is 2.04. The van der Waals surface area contributed by atoms with Crippen LogP contribution in [0.4, 0.5) is 0 Å². The van der Waals surface area contributed by atoms with Crippen LogP contribution in [0.15, 0.2) is 0 Å². The van der Waals surface area contributed by atoms with Gasteiger partial charge in [-0.25, -0.2) is 9.59 Å². The van der Waals surface area contributed by atoms with Crippen molar-refractivity contribution in [2.45, 2.75) is 12.8 Å². The van der Waals surface area contributed by atoms with Crippen LogP contribution in [0.5, 0.6) is 0 Å². The van der Waals surface area contributed by atoms with Crippen molar-refractivity contribution in [1.82, 2.24) is 5.06 Å². The molecule has 0 aromatic rings. The molecule has 0 atom stereocenters. The average molecular weight is 115 g/mol. The number of hydroxylamine groups is 2. The van der Waals surface area contributed by atoms with E-state index in [1.807, 2.05) is 0 Å². The minimum atomic E-state index is -0.505. The van der Waals surface area contributed by atoms with Crippen LogP contribution in [-0.2, 0) is 9.59 Å². The SMILES string of the molecule is O=C1CCC(=O)[N+]1O. The summed E-state index contributed by atoms with van der Waals surface area (Å²) in [7, 11) is 0. The maximum Gasteiger partial charge on any atom is 0.407 e. The zero-order valence-corrected chi connectivity index (χ0v) is 4.13. The molecule has 0 aromatic heterocycles. The second-order valence-corrected chi connectivity index (χ2v) is 1.60. The van der Waals surface area contributed by atoms with Crippen molar-refractivity contribution in [3.8, 4) is 0 Å². The van der Waals surface area contributed by atoms with Gasteiger partial charge in [-0.1, -0.05) is 0 Å². The molecule has 0 spiro atoms. The predicted molar refractivity (Wildman–Crippen MR) is 23.2 cm³/mol. The summed E-state index contributed by atoms with van der Waals surface area (Å²) in [5, 5.41) is 8.57. The largest absolute Gasteiger partial charge is 0.407 e. The molecule has 1 radical (unpaired) electrons. The van der Waals surface area contributed by atoms with E-state index in [0.29, 0.717) is 0 Å². The van der Waals surface area contributed by atoms with Crippen molar-refractivity contribution in [1.29, 1.82) is 0 Å². The molecule has 43 valence electrons. The predicted octanol–water partition coefficient (Wildman–Crippen LogP) is -0.637. The summed E-state index contributed by atoms with van der Waals surface area (Å²) in [6, 6.07) is 0. The van der Waals surface area contributed by atoms with Crippen molar-refractivity contribution in [3.05, 3.63) is 0 Å². The lowest BCUT2D eigenvalue weighted by molar-refractivity contribution is -0.151. The maximum atomic E-state index is 10.2. The first-order valence-corrected chi connectivity index (χ1v) is 2.26. The van der Waals surface area contributed by atoms with Crippen molar-refractivity contribution < 1.29 is 14.8 Å². The molecule has 1 rings (SSSR count). The van der Waals surface area contributed by atoms with Gasteiger partial charge in [0.05, 0.1) is 12.8 Å². The van der Waals surface area contributed by atoms with Crippen molar-refractivity contribution in [3.63, 3.8) is 0 Å². The zero-order chi connectivity index (χ0) is 6.15. The number of nitrogens with zero attached hydrogens (tertiary/aromatic N) is 1. The Bertz CT molecular complexity index is 126. The Balaban J connectivity index is 2.70. The highest BCUT2D eigenvalue weighted by Gasteiger charge is 2.42. The highest BCUT2D eigenvalue weighted by molar-refractivity contribution is 6.03. The summed E-state index contributed by atoms with van der Waals surface area (Å²) >= 11 is 0. The number of imide groups is 1. The summed E-state index contributed by atoms with van der Waals surface area (Å²) in [6.07, 6.45) is 0.296. The molecular formula is C4H5NO3+. The normalized spacial score (nSPS) is 22.6. The zero-order valence-electron chi connectivity index (χ0n) is 4.13. The van der Waals surface area contributed by atoms with E-state index in [0.717, 1.165) is 0 Å². The molecule has 0 bridgehead atoms. The van der Waals surface area contributed by atoms with Crippen LogP contribution in [-0.4, -0.2) is 17.0 Å². The first kappa shape index (κ1) is 5.40. The van der Waals surface area contributed by atoms with Crippen molar-refractivity contribution >= 4 is 11.8 Å². The molecule has 1 fully saturated rings. The number of rotatable bonds is 0. The number of amides is 2. The van der Waals surface area contributed by atoms with Gasteiger partial charge in [0.1, 0.15) is 5.06 Å². The third-order valence-corrected chi connectivity index (χ3v) is 1.03. The van der Waals surface area contributed by atoms with E-state index in [4.69, 9.17) is 5.21 Å². The summed E-state index contributed by atoms with van der Waals surface area (Å²) in [6.45, 7) is 0. The quantitative estimate of drug-likeness (QED) is 0.259. The topological polar surface area (TPSA) is 60.3 Å². The second kappa shape index (κ2) is 1.65. The summed E-state index contributed by atoms with van der Waals surface area (Å²) < 4.78 is 0. The molecule has 1 heterocycles. The van der Waals surface area contributed by atoms with Gasteiger partial charge in [-0.2, -0.15) is 0 Å². The van der Waals surface area contributed by atoms with E-state index < -0.39 is 11.8 Å². The molecule has 1 aliphatic heterocycles.